The molecule has 2 aromatic heterocycles. The first-order valence-electron chi connectivity index (χ1n) is 7.99. The molecule has 1 atom stereocenters. The summed E-state index contributed by atoms with van der Waals surface area (Å²) in [6, 6.07) is 0. The van der Waals surface area contributed by atoms with Gasteiger partial charge in [-0.15, -0.1) is 21.5 Å². The fourth-order valence-electron chi connectivity index (χ4n) is 2.90. The first-order chi connectivity index (χ1) is 10.8. The van der Waals surface area contributed by atoms with Crippen molar-refractivity contribution in [1.82, 2.24) is 24.6 Å². The van der Waals surface area contributed by atoms with Gasteiger partial charge in [0.25, 0.3) is 0 Å². The van der Waals surface area contributed by atoms with E-state index in [0.29, 0.717) is 0 Å². The van der Waals surface area contributed by atoms with Crippen molar-refractivity contribution in [3.63, 3.8) is 0 Å². The summed E-state index contributed by atoms with van der Waals surface area (Å²) in [5.74, 6) is 1.68. The van der Waals surface area contributed by atoms with E-state index in [2.05, 4.69) is 32.0 Å². The Kier molecular flexibility index (Phi) is 3.94. The fourth-order valence-corrected chi connectivity index (χ4v) is 3.88. The number of ether oxygens (including phenoxy) is 1. The smallest absolute Gasteiger partial charge is 0.163 e. The van der Waals surface area contributed by atoms with E-state index in [1.807, 2.05) is 11.3 Å². The number of nitrogens with zero attached hydrogens (tertiary/aromatic N) is 5. The Hall–Kier alpha value is -1.31. The van der Waals surface area contributed by atoms with Crippen molar-refractivity contribution < 1.29 is 4.74 Å². The molecule has 1 saturated carbocycles. The molecule has 2 aliphatic rings. The number of aryl methyl sites for hydroxylation is 1. The van der Waals surface area contributed by atoms with Crippen molar-refractivity contribution in [2.24, 2.45) is 0 Å². The van der Waals surface area contributed by atoms with Gasteiger partial charge in [-0.3, -0.25) is 4.90 Å². The third kappa shape index (κ3) is 2.93. The molecule has 1 aliphatic heterocycles. The first kappa shape index (κ1) is 14.3. The fraction of sp³-hybridized carbons (Fsp3) is 0.667. The van der Waals surface area contributed by atoms with Crippen LogP contribution in [-0.4, -0.2) is 44.3 Å². The molecule has 0 bridgehead atoms. The van der Waals surface area contributed by atoms with Crippen molar-refractivity contribution in [2.75, 3.05) is 19.7 Å². The van der Waals surface area contributed by atoms with Crippen molar-refractivity contribution in [2.45, 2.75) is 44.9 Å². The molecule has 7 heteroatoms. The first-order valence-corrected chi connectivity index (χ1v) is 8.87. The highest BCUT2D eigenvalue weighted by molar-refractivity contribution is 7.09. The third-order valence-electron chi connectivity index (χ3n) is 4.31. The summed E-state index contributed by atoms with van der Waals surface area (Å²) in [5, 5.41) is 11.8. The summed E-state index contributed by atoms with van der Waals surface area (Å²) >= 11 is 1.82. The molecule has 4 rings (SSSR count). The van der Waals surface area contributed by atoms with Gasteiger partial charge in [0, 0.05) is 37.5 Å². The maximum absolute atomic E-state index is 5.90. The minimum Gasteiger partial charge on any atom is -0.368 e. The summed E-state index contributed by atoms with van der Waals surface area (Å²) < 4.78 is 7.96. The number of morpholine rings is 1. The minimum absolute atomic E-state index is 0.0118. The van der Waals surface area contributed by atoms with Crippen LogP contribution >= 0.6 is 11.3 Å². The van der Waals surface area contributed by atoms with Crippen LogP contribution in [0.3, 0.4) is 0 Å². The van der Waals surface area contributed by atoms with Gasteiger partial charge in [0.05, 0.1) is 17.3 Å². The Bertz CT molecular complexity index is 635. The molecule has 0 amide bonds. The molecule has 0 spiro atoms. The second kappa shape index (κ2) is 6.06. The van der Waals surface area contributed by atoms with Crippen LogP contribution in [0.2, 0.25) is 0 Å². The highest BCUT2D eigenvalue weighted by Gasteiger charge is 2.28. The van der Waals surface area contributed by atoms with Gasteiger partial charge < -0.3 is 9.30 Å². The van der Waals surface area contributed by atoms with Crippen molar-refractivity contribution in [3.8, 4) is 0 Å². The second-order valence-corrected chi connectivity index (χ2v) is 6.91. The molecule has 2 aromatic rings. The van der Waals surface area contributed by atoms with Gasteiger partial charge in [0.1, 0.15) is 12.4 Å². The van der Waals surface area contributed by atoms with Crippen molar-refractivity contribution in [1.29, 1.82) is 0 Å². The van der Waals surface area contributed by atoms with E-state index >= 15 is 0 Å². The zero-order valence-electron chi connectivity index (χ0n) is 12.8. The van der Waals surface area contributed by atoms with E-state index < -0.39 is 0 Å². The highest BCUT2D eigenvalue weighted by atomic mass is 32.1. The molecule has 0 radical (unpaired) electrons. The average molecular weight is 319 g/mol. The molecule has 1 aliphatic carbocycles. The molecule has 6 nitrogen and oxygen atoms in total. The van der Waals surface area contributed by atoms with Crippen LogP contribution in [0, 0.1) is 0 Å². The van der Waals surface area contributed by atoms with E-state index in [9.17, 15) is 0 Å². The van der Waals surface area contributed by atoms with E-state index in [1.165, 1.54) is 23.5 Å². The SMILES string of the molecule is CCn1cnnc1[C@H]1CN(Cc2csc(C3CC3)n2)CCO1. The Morgan fingerprint density at radius 1 is 1.41 bits per heavy atom. The van der Waals surface area contributed by atoms with Crippen molar-refractivity contribution in [3.05, 3.63) is 28.2 Å². The molecule has 2 fully saturated rings. The van der Waals surface area contributed by atoms with Crippen LogP contribution in [0.4, 0.5) is 0 Å². The van der Waals surface area contributed by atoms with Crippen LogP contribution in [-0.2, 0) is 17.8 Å². The number of rotatable bonds is 5. The largest absolute Gasteiger partial charge is 0.368 e. The molecule has 1 saturated heterocycles. The molecule has 0 unspecified atom stereocenters. The maximum Gasteiger partial charge on any atom is 0.163 e. The Morgan fingerprint density at radius 2 is 2.32 bits per heavy atom. The number of thiazole rings is 1. The quantitative estimate of drug-likeness (QED) is 0.846. The lowest BCUT2D eigenvalue weighted by Gasteiger charge is -2.31. The summed E-state index contributed by atoms with van der Waals surface area (Å²) in [5.41, 5.74) is 1.20. The lowest BCUT2D eigenvalue weighted by atomic mass is 10.2. The summed E-state index contributed by atoms with van der Waals surface area (Å²) in [4.78, 5) is 7.20. The van der Waals surface area contributed by atoms with Crippen LogP contribution in [0.15, 0.2) is 11.7 Å². The molecular weight excluding hydrogens is 298 g/mol. The zero-order valence-corrected chi connectivity index (χ0v) is 13.6. The van der Waals surface area contributed by atoms with E-state index in [0.717, 1.165) is 44.5 Å². The predicted octanol–water partition coefficient (Wildman–Crippen LogP) is 2.21. The van der Waals surface area contributed by atoms with Gasteiger partial charge in [0.2, 0.25) is 0 Å². The number of hydrogen-bond donors (Lipinski definition) is 0. The number of aromatic nitrogens is 4. The lowest BCUT2D eigenvalue weighted by molar-refractivity contribution is -0.0391. The van der Waals surface area contributed by atoms with Gasteiger partial charge >= 0.3 is 0 Å². The molecule has 3 heterocycles. The van der Waals surface area contributed by atoms with Gasteiger partial charge in [-0.05, 0) is 19.8 Å². The molecule has 22 heavy (non-hydrogen) atoms. The second-order valence-electron chi connectivity index (χ2n) is 6.02. The molecular formula is C15H21N5OS. The summed E-state index contributed by atoms with van der Waals surface area (Å²) in [6.45, 7) is 6.42. The Morgan fingerprint density at radius 3 is 3.14 bits per heavy atom. The van der Waals surface area contributed by atoms with Crippen LogP contribution in [0.25, 0.3) is 0 Å². The average Bonchev–Trinajstić information content (AvgIpc) is 3.10. The third-order valence-corrected chi connectivity index (χ3v) is 5.36. The van der Waals surface area contributed by atoms with Gasteiger partial charge in [-0.25, -0.2) is 4.98 Å². The zero-order chi connectivity index (χ0) is 14.9. The number of hydrogen-bond acceptors (Lipinski definition) is 6. The van der Waals surface area contributed by atoms with E-state index in [1.54, 1.807) is 6.33 Å². The topological polar surface area (TPSA) is 56.1 Å². The van der Waals surface area contributed by atoms with Crippen LogP contribution < -0.4 is 0 Å². The summed E-state index contributed by atoms with van der Waals surface area (Å²) in [7, 11) is 0. The van der Waals surface area contributed by atoms with Gasteiger partial charge in [0.15, 0.2) is 5.82 Å². The lowest BCUT2D eigenvalue weighted by Crippen LogP contribution is -2.38. The van der Waals surface area contributed by atoms with Gasteiger partial charge in [-0.2, -0.15) is 0 Å². The predicted molar refractivity (Wildman–Crippen MR) is 83.8 cm³/mol. The maximum atomic E-state index is 5.90. The Labute approximate surface area is 134 Å². The van der Waals surface area contributed by atoms with Crippen LogP contribution in [0.5, 0.6) is 0 Å². The monoisotopic (exact) mass is 319 g/mol. The molecule has 118 valence electrons. The standard InChI is InChI=1S/C15H21N5OS/c1-2-20-10-16-18-14(20)13-8-19(5-6-21-13)7-12-9-22-15(17-12)11-3-4-11/h9-11,13H,2-8H2,1H3/t13-/m1/s1. The van der Waals surface area contributed by atoms with E-state index in [4.69, 9.17) is 9.72 Å². The highest BCUT2D eigenvalue weighted by Crippen LogP contribution is 2.41. The van der Waals surface area contributed by atoms with Gasteiger partial charge in [-0.1, -0.05) is 0 Å². The van der Waals surface area contributed by atoms with Crippen LogP contribution in [0.1, 0.15) is 48.3 Å². The Balaban J connectivity index is 1.41. The van der Waals surface area contributed by atoms with Crippen molar-refractivity contribution >= 4 is 11.3 Å². The minimum atomic E-state index is 0.0118. The molecule has 0 aromatic carbocycles. The molecule has 0 N–H and O–H groups in total. The van der Waals surface area contributed by atoms with E-state index in [-0.39, 0.29) is 6.10 Å². The normalized spacial score (nSPS) is 23.0. The summed E-state index contributed by atoms with van der Waals surface area (Å²) in [6.07, 6.45) is 4.43.